The van der Waals surface area contributed by atoms with Crippen LogP contribution >= 0.6 is 0 Å². The lowest BCUT2D eigenvalue weighted by Gasteiger charge is -2.34. The molecule has 210 valence electrons. The molecule has 0 spiro atoms. The molecule has 3 aliphatic carbocycles. The van der Waals surface area contributed by atoms with E-state index in [0.717, 1.165) is 19.3 Å². The molecule has 10 heteroatoms. The van der Waals surface area contributed by atoms with Gasteiger partial charge in [0.25, 0.3) is 5.91 Å². The van der Waals surface area contributed by atoms with Gasteiger partial charge < -0.3 is 25.2 Å². The van der Waals surface area contributed by atoms with Crippen molar-refractivity contribution in [3.8, 4) is 17.6 Å². The van der Waals surface area contributed by atoms with Crippen LogP contribution in [0, 0.1) is 34.5 Å². The van der Waals surface area contributed by atoms with Crippen molar-refractivity contribution in [1.29, 1.82) is 5.26 Å². The molecule has 2 amide bonds. The molecule has 0 aliphatic heterocycles. The standard InChI is InChI=1S/C29H36FN3O6/c1-16(30)8-11-32-27(35)24-17-4-5-18(12-17)25(24)33-26(34)21-14-22(19(15-31)13-23(21)38-3)39-20-6-9-29(2,10-7-20)28(36)37/h13-14,17-18,20,24-25H,1,4-12H2,2-3H3,(H,32,35)(H,33,34)(H,36,37)/t17-,18+,20?,24+,25?,29?/m1/s1. The van der Waals surface area contributed by atoms with E-state index in [1.807, 2.05) is 0 Å². The van der Waals surface area contributed by atoms with Gasteiger partial charge in [-0.2, -0.15) is 5.26 Å². The third-order valence-electron chi connectivity index (χ3n) is 8.73. The van der Waals surface area contributed by atoms with Crippen LogP contribution in [0.5, 0.6) is 11.5 Å². The van der Waals surface area contributed by atoms with Crippen LogP contribution in [0.4, 0.5) is 4.39 Å². The van der Waals surface area contributed by atoms with Crippen molar-refractivity contribution in [2.45, 2.75) is 70.4 Å². The van der Waals surface area contributed by atoms with Gasteiger partial charge in [0.2, 0.25) is 5.91 Å². The Hall–Kier alpha value is -3.61. The average molecular weight is 542 g/mol. The van der Waals surface area contributed by atoms with Crippen LogP contribution in [0.1, 0.15) is 74.2 Å². The molecular weight excluding hydrogens is 505 g/mol. The maximum Gasteiger partial charge on any atom is 0.309 e. The summed E-state index contributed by atoms with van der Waals surface area (Å²) < 4.78 is 24.6. The number of nitrogens with zero attached hydrogens (tertiary/aromatic N) is 1. The SMILES string of the molecule is C=C(F)CCNC(=O)[C@@H]1C(NC(=O)c2cc(OC3CCC(C)(C(=O)O)CC3)c(C#N)cc2OC)[C@H]2CC[C@@H]1C2. The lowest BCUT2D eigenvalue weighted by Crippen LogP contribution is -2.50. The van der Waals surface area contributed by atoms with E-state index in [2.05, 4.69) is 23.3 Å². The van der Waals surface area contributed by atoms with E-state index in [1.165, 1.54) is 19.2 Å². The van der Waals surface area contributed by atoms with Gasteiger partial charge in [-0.25, -0.2) is 4.39 Å². The van der Waals surface area contributed by atoms with Crippen LogP contribution in [-0.4, -0.2) is 48.7 Å². The van der Waals surface area contributed by atoms with Crippen LogP contribution in [0.25, 0.3) is 0 Å². The second kappa shape index (κ2) is 11.6. The minimum Gasteiger partial charge on any atom is -0.496 e. The van der Waals surface area contributed by atoms with Gasteiger partial charge in [0, 0.05) is 25.1 Å². The fraction of sp³-hybridized carbons (Fsp3) is 0.586. The van der Waals surface area contributed by atoms with Crippen molar-refractivity contribution < 1.29 is 33.4 Å². The molecule has 4 atom stereocenters. The number of nitrogens with one attached hydrogen (secondary N) is 2. The van der Waals surface area contributed by atoms with Crippen LogP contribution in [0.3, 0.4) is 0 Å². The van der Waals surface area contributed by atoms with Gasteiger partial charge in [-0.15, -0.1) is 0 Å². The molecule has 3 fully saturated rings. The first kappa shape index (κ1) is 28.4. The third-order valence-corrected chi connectivity index (χ3v) is 8.73. The number of aliphatic carboxylic acids is 1. The Balaban J connectivity index is 1.51. The number of carboxylic acids is 1. The Kier molecular flexibility index (Phi) is 8.48. The number of methoxy groups -OCH3 is 1. The van der Waals surface area contributed by atoms with Gasteiger partial charge in [-0.1, -0.05) is 6.58 Å². The van der Waals surface area contributed by atoms with Crippen LogP contribution in [0.15, 0.2) is 24.5 Å². The number of benzene rings is 1. The fourth-order valence-electron chi connectivity index (χ4n) is 6.38. The molecule has 0 aromatic heterocycles. The molecule has 3 saturated carbocycles. The highest BCUT2D eigenvalue weighted by molar-refractivity contribution is 5.98. The summed E-state index contributed by atoms with van der Waals surface area (Å²) >= 11 is 0. The van der Waals surface area contributed by atoms with E-state index < -0.39 is 29.0 Å². The topological polar surface area (TPSA) is 138 Å². The highest BCUT2D eigenvalue weighted by Gasteiger charge is 2.51. The average Bonchev–Trinajstić information content (AvgIpc) is 3.51. The molecule has 0 saturated heterocycles. The number of carbonyl (C=O) groups is 3. The summed E-state index contributed by atoms with van der Waals surface area (Å²) in [7, 11) is 1.41. The van der Waals surface area contributed by atoms with E-state index in [4.69, 9.17) is 9.47 Å². The molecule has 0 heterocycles. The fourth-order valence-corrected chi connectivity index (χ4v) is 6.38. The van der Waals surface area contributed by atoms with E-state index in [-0.39, 0.29) is 65.5 Å². The van der Waals surface area contributed by atoms with Crippen molar-refractivity contribution in [1.82, 2.24) is 10.6 Å². The van der Waals surface area contributed by atoms with E-state index in [1.54, 1.807) is 6.92 Å². The number of amides is 2. The smallest absolute Gasteiger partial charge is 0.309 e. The highest BCUT2D eigenvalue weighted by Crippen LogP contribution is 2.49. The van der Waals surface area contributed by atoms with Crippen molar-refractivity contribution in [2.24, 2.45) is 23.2 Å². The number of nitriles is 1. The van der Waals surface area contributed by atoms with Gasteiger partial charge in [-0.3, -0.25) is 14.4 Å². The Morgan fingerprint density at radius 2 is 1.87 bits per heavy atom. The van der Waals surface area contributed by atoms with Crippen molar-refractivity contribution in [3.63, 3.8) is 0 Å². The molecule has 1 aromatic carbocycles. The maximum absolute atomic E-state index is 13.5. The van der Waals surface area contributed by atoms with Crippen LogP contribution in [0.2, 0.25) is 0 Å². The summed E-state index contributed by atoms with van der Waals surface area (Å²) in [5.41, 5.74) is -0.401. The van der Waals surface area contributed by atoms with Crippen LogP contribution < -0.4 is 20.1 Å². The molecule has 3 aliphatic rings. The molecule has 4 rings (SSSR count). The molecule has 3 N–H and O–H groups in total. The van der Waals surface area contributed by atoms with E-state index in [9.17, 15) is 29.1 Å². The van der Waals surface area contributed by atoms with Crippen molar-refractivity contribution >= 4 is 17.8 Å². The van der Waals surface area contributed by atoms with E-state index >= 15 is 0 Å². The van der Waals surface area contributed by atoms with Gasteiger partial charge in [-0.05, 0) is 69.8 Å². The molecule has 1 aromatic rings. The quantitative estimate of drug-likeness (QED) is 0.405. The lowest BCUT2D eigenvalue weighted by atomic mass is 9.75. The summed E-state index contributed by atoms with van der Waals surface area (Å²) in [6.07, 6.45) is 4.35. The number of carbonyl (C=O) groups excluding carboxylic acids is 2. The number of halogens is 1. The minimum absolute atomic E-state index is 0.0470. The number of hydrogen-bond acceptors (Lipinski definition) is 6. The summed E-state index contributed by atoms with van der Waals surface area (Å²) in [6, 6.07) is 4.67. The number of hydrogen-bond donors (Lipinski definition) is 3. The largest absolute Gasteiger partial charge is 0.496 e. The maximum atomic E-state index is 13.5. The van der Waals surface area contributed by atoms with E-state index in [0.29, 0.717) is 25.7 Å². The number of ether oxygens (including phenoxy) is 2. The van der Waals surface area contributed by atoms with Crippen LogP contribution in [-0.2, 0) is 9.59 Å². The number of rotatable bonds is 10. The summed E-state index contributed by atoms with van der Waals surface area (Å²) in [5.74, 6) is -1.61. The Bertz CT molecular complexity index is 1190. The molecule has 0 radical (unpaired) electrons. The Labute approximate surface area is 227 Å². The first-order chi connectivity index (χ1) is 18.6. The molecule has 9 nitrogen and oxygen atoms in total. The highest BCUT2D eigenvalue weighted by atomic mass is 19.1. The first-order valence-electron chi connectivity index (χ1n) is 13.5. The summed E-state index contributed by atoms with van der Waals surface area (Å²) in [4.78, 5) is 38.1. The summed E-state index contributed by atoms with van der Waals surface area (Å²) in [6.45, 7) is 5.10. The Morgan fingerprint density at radius 3 is 2.49 bits per heavy atom. The van der Waals surface area contributed by atoms with Crippen molar-refractivity contribution in [3.05, 3.63) is 35.7 Å². The normalized spacial score (nSPS) is 29.2. The zero-order valence-corrected chi connectivity index (χ0v) is 22.4. The Morgan fingerprint density at radius 1 is 1.18 bits per heavy atom. The van der Waals surface area contributed by atoms with Gasteiger partial charge >= 0.3 is 5.97 Å². The van der Waals surface area contributed by atoms with Crippen molar-refractivity contribution in [2.75, 3.05) is 13.7 Å². The monoisotopic (exact) mass is 541 g/mol. The third kappa shape index (κ3) is 6.02. The van der Waals surface area contributed by atoms with Gasteiger partial charge in [0.05, 0.1) is 41.5 Å². The molecule has 39 heavy (non-hydrogen) atoms. The summed E-state index contributed by atoms with van der Waals surface area (Å²) in [5, 5.41) is 25.0. The zero-order chi connectivity index (χ0) is 28.3. The number of fused-ring (bicyclic) bond motifs is 2. The zero-order valence-electron chi connectivity index (χ0n) is 22.4. The molecule has 1 unspecified atom stereocenters. The molecule has 2 bridgehead atoms. The van der Waals surface area contributed by atoms with Gasteiger partial charge in [0.1, 0.15) is 17.6 Å². The predicted octanol–water partition coefficient (Wildman–Crippen LogP) is 4.11. The first-order valence-corrected chi connectivity index (χ1v) is 13.5. The number of carboxylic acid groups (broad SMARTS) is 1. The minimum atomic E-state index is -0.831. The second-order valence-corrected chi connectivity index (χ2v) is 11.3. The van der Waals surface area contributed by atoms with Gasteiger partial charge in [0.15, 0.2) is 0 Å². The second-order valence-electron chi connectivity index (χ2n) is 11.3. The predicted molar refractivity (Wildman–Crippen MR) is 140 cm³/mol. The molecular formula is C29H36FN3O6. The lowest BCUT2D eigenvalue weighted by molar-refractivity contribution is -0.150.